The average molecular weight is 161 g/mol. The number of rotatable bonds is 1. The molecular formula is C6H5ClOS. The molecule has 9 heavy (non-hydrogen) atoms. The van der Waals surface area contributed by atoms with Gasteiger partial charge in [0.25, 0.3) is 0 Å². The normalized spacial score (nSPS) is 24.3. The Balaban J connectivity index is 2.28. The Kier molecular flexibility index (Phi) is 1.25. The van der Waals surface area contributed by atoms with E-state index in [1.165, 1.54) is 4.88 Å². The number of ether oxygens (including phenoxy) is 1. The zero-order chi connectivity index (χ0) is 6.27. The van der Waals surface area contributed by atoms with Crippen LogP contribution in [0.15, 0.2) is 12.1 Å². The molecule has 1 fully saturated rings. The predicted octanol–water partition coefficient (Wildman–Crippen LogP) is 2.47. The molecule has 0 N–H and O–H groups in total. The number of halogens is 1. The molecule has 1 aromatic rings. The first kappa shape index (κ1) is 5.71. The Morgan fingerprint density at radius 2 is 2.44 bits per heavy atom. The Bertz CT molecular complexity index is 217. The van der Waals surface area contributed by atoms with Crippen molar-refractivity contribution in [3.63, 3.8) is 0 Å². The molecule has 0 spiro atoms. The molecule has 1 nitrogen and oxygen atoms in total. The lowest BCUT2D eigenvalue weighted by Gasteiger charge is -1.80. The lowest BCUT2D eigenvalue weighted by Crippen LogP contribution is -1.65. The Morgan fingerprint density at radius 3 is 2.89 bits per heavy atom. The van der Waals surface area contributed by atoms with Gasteiger partial charge in [-0.3, -0.25) is 0 Å². The Labute approximate surface area is 62.2 Å². The van der Waals surface area contributed by atoms with Gasteiger partial charge >= 0.3 is 0 Å². The zero-order valence-electron chi connectivity index (χ0n) is 4.63. The minimum Gasteiger partial charge on any atom is -0.367 e. The number of thiophene rings is 1. The maximum atomic E-state index is 5.70. The van der Waals surface area contributed by atoms with E-state index in [0.717, 1.165) is 10.9 Å². The van der Waals surface area contributed by atoms with Crippen molar-refractivity contribution in [3.8, 4) is 0 Å². The lowest BCUT2D eigenvalue weighted by atomic mass is 10.4. The van der Waals surface area contributed by atoms with Crippen LogP contribution in [0.25, 0.3) is 0 Å². The molecule has 1 aliphatic rings. The maximum absolute atomic E-state index is 5.70. The van der Waals surface area contributed by atoms with Crippen LogP contribution in [-0.2, 0) is 4.74 Å². The highest BCUT2D eigenvalue weighted by molar-refractivity contribution is 7.16. The van der Waals surface area contributed by atoms with Crippen molar-refractivity contribution < 1.29 is 4.74 Å². The van der Waals surface area contributed by atoms with Gasteiger partial charge in [-0.25, -0.2) is 0 Å². The molecular weight excluding hydrogens is 156 g/mol. The molecule has 0 saturated carbocycles. The van der Waals surface area contributed by atoms with Crippen LogP contribution >= 0.6 is 22.9 Å². The molecule has 0 bridgehead atoms. The van der Waals surface area contributed by atoms with Gasteiger partial charge in [-0.15, -0.1) is 11.3 Å². The van der Waals surface area contributed by atoms with Crippen molar-refractivity contribution >= 4 is 22.9 Å². The largest absolute Gasteiger partial charge is 0.367 e. The summed E-state index contributed by atoms with van der Waals surface area (Å²) < 4.78 is 5.91. The maximum Gasteiger partial charge on any atom is 0.115 e. The molecule has 2 heterocycles. The van der Waals surface area contributed by atoms with Gasteiger partial charge in [0.2, 0.25) is 0 Å². The van der Waals surface area contributed by atoms with Crippen LogP contribution < -0.4 is 0 Å². The molecule has 0 amide bonds. The van der Waals surface area contributed by atoms with E-state index in [1.807, 2.05) is 12.1 Å². The second-order valence-electron chi connectivity index (χ2n) is 1.96. The molecule has 0 aromatic carbocycles. The summed E-state index contributed by atoms with van der Waals surface area (Å²) >= 11 is 7.29. The van der Waals surface area contributed by atoms with Gasteiger partial charge in [0.1, 0.15) is 6.10 Å². The third kappa shape index (κ3) is 1.11. The van der Waals surface area contributed by atoms with Crippen LogP contribution in [-0.4, -0.2) is 6.61 Å². The van der Waals surface area contributed by atoms with Crippen LogP contribution in [0.3, 0.4) is 0 Å². The van der Waals surface area contributed by atoms with E-state index < -0.39 is 0 Å². The molecule has 48 valence electrons. The first-order valence-corrected chi connectivity index (χ1v) is 3.92. The number of hydrogen-bond acceptors (Lipinski definition) is 2. The highest BCUT2D eigenvalue weighted by atomic mass is 35.5. The molecule has 1 aliphatic heterocycles. The van der Waals surface area contributed by atoms with Crippen LogP contribution in [0, 0.1) is 0 Å². The summed E-state index contributed by atoms with van der Waals surface area (Å²) in [5.74, 6) is 0. The minimum absolute atomic E-state index is 0.363. The second-order valence-corrected chi connectivity index (χ2v) is 3.71. The van der Waals surface area contributed by atoms with Gasteiger partial charge in [0.15, 0.2) is 0 Å². The summed E-state index contributed by atoms with van der Waals surface area (Å²) in [6.07, 6.45) is 0.363. The first-order valence-electron chi connectivity index (χ1n) is 2.73. The number of epoxide rings is 1. The molecule has 0 radical (unpaired) electrons. The molecule has 1 saturated heterocycles. The highest BCUT2D eigenvalue weighted by Crippen LogP contribution is 2.36. The van der Waals surface area contributed by atoms with Gasteiger partial charge in [-0.2, -0.15) is 0 Å². The van der Waals surface area contributed by atoms with E-state index in [-0.39, 0.29) is 0 Å². The fraction of sp³-hybridized carbons (Fsp3) is 0.333. The van der Waals surface area contributed by atoms with Crippen molar-refractivity contribution in [1.82, 2.24) is 0 Å². The smallest absolute Gasteiger partial charge is 0.115 e. The van der Waals surface area contributed by atoms with Crippen molar-refractivity contribution in [2.75, 3.05) is 6.61 Å². The van der Waals surface area contributed by atoms with Crippen LogP contribution in [0.4, 0.5) is 0 Å². The van der Waals surface area contributed by atoms with E-state index >= 15 is 0 Å². The van der Waals surface area contributed by atoms with E-state index in [9.17, 15) is 0 Å². The minimum atomic E-state index is 0.363. The fourth-order valence-corrected chi connectivity index (χ4v) is 1.81. The van der Waals surface area contributed by atoms with Gasteiger partial charge in [0, 0.05) is 4.88 Å². The summed E-state index contributed by atoms with van der Waals surface area (Å²) in [7, 11) is 0. The average Bonchev–Trinajstić information content (AvgIpc) is 2.58. The molecule has 3 heteroatoms. The lowest BCUT2D eigenvalue weighted by molar-refractivity contribution is 0.418. The van der Waals surface area contributed by atoms with E-state index in [1.54, 1.807) is 11.3 Å². The molecule has 0 unspecified atom stereocenters. The van der Waals surface area contributed by atoms with E-state index in [2.05, 4.69) is 0 Å². The summed E-state index contributed by atoms with van der Waals surface area (Å²) in [4.78, 5) is 1.25. The van der Waals surface area contributed by atoms with Crippen molar-refractivity contribution in [2.45, 2.75) is 6.10 Å². The van der Waals surface area contributed by atoms with Crippen LogP contribution in [0.1, 0.15) is 11.0 Å². The SMILES string of the molecule is Clc1ccc([C@@H]2CO2)s1. The molecule has 1 atom stereocenters. The van der Waals surface area contributed by atoms with Gasteiger partial charge in [0.05, 0.1) is 10.9 Å². The van der Waals surface area contributed by atoms with E-state index in [4.69, 9.17) is 16.3 Å². The van der Waals surface area contributed by atoms with Gasteiger partial charge in [-0.05, 0) is 12.1 Å². The van der Waals surface area contributed by atoms with E-state index in [0.29, 0.717) is 6.10 Å². The number of hydrogen-bond donors (Lipinski definition) is 0. The first-order chi connectivity index (χ1) is 4.36. The third-order valence-corrected chi connectivity index (χ3v) is 2.57. The topological polar surface area (TPSA) is 12.5 Å². The Morgan fingerprint density at radius 1 is 1.67 bits per heavy atom. The Hall–Kier alpha value is -0.0500. The summed E-state index contributed by atoms with van der Waals surface area (Å²) in [5.41, 5.74) is 0. The van der Waals surface area contributed by atoms with Crippen molar-refractivity contribution in [2.24, 2.45) is 0 Å². The summed E-state index contributed by atoms with van der Waals surface area (Å²) in [5, 5.41) is 0. The highest BCUT2D eigenvalue weighted by Gasteiger charge is 2.25. The van der Waals surface area contributed by atoms with Crippen LogP contribution in [0.2, 0.25) is 4.34 Å². The molecule has 1 aromatic heterocycles. The van der Waals surface area contributed by atoms with Gasteiger partial charge < -0.3 is 4.74 Å². The quantitative estimate of drug-likeness (QED) is 0.575. The molecule has 2 rings (SSSR count). The van der Waals surface area contributed by atoms with Crippen molar-refractivity contribution in [3.05, 3.63) is 21.3 Å². The van der Waals surface area contributed by atoms with Crippen molar-refractivity contribution in [1.29, 1.82) is 0 Å². The fourth-order valence-electron chi connectivity index (χ4n) is 0.714. The predicted molar refractivity (Wildman–Crippen MR) is 38.0 cm³/mol. The third-order valence-electron chi connectivity index (χ3n) is 1.24. The molecule has 0 aliphatic carbocycles. The van der Waals surface area contributed by atoms with Crippen LogP contribution in [0.5, 0.6) is 0 Å². The second kappa shape index (κ2) is 1.97. The standard InChI is InChI=1S/C6H5ClOS/c7-6-2-1-5(9-6)4-3-8-4/h1-2,4H,3H2/t4-/m0/s1. The summed E-state index contributed by atoms with van der Waals surface area (Å²) in [6, 6.07) is 3.92. The monoisotopic (exact) mass is 160 g/mol. The summed E-state index contributed by atoms with van der Waals surface area (Å²) in [6.45, 7) is 0.872. The zero-order valence-corrected chi connectivity index (χ0v) is 6.21. The van der Waals surface area contributed by atoms with Gasteiger partial charge in [-0.1, -0.05) is 11.6 Å².